The van der Waals surface area contributed by atoms with Crippen LogP contribution in [0.3, 0.4) is 0 Å². The SMILES string of the molecule is Cc1cc(-c2ccc3[nH]ncc3c2)ccc1C1=NC2(CC2)C(=O)N1CC1CN(C(=O)C2(C)CC2)C1. The molecule has 3 aromatic rings. The molecule has 7 nitrogen and oxygen atoms in total. The summed E-state index contributed by atoms with van der Waals surface area (Å²) in [4.78, 5) is 34.8. The Kier molecular flexibility index (Phi) is 4.19. The quantitative estimate of drug-likeness (QED) is 0.618. The van der Waals surface area contributed by atoms with E-state index in [1.54, 1.807) is 0 Å². The number of rotatable bonds is 5. The highest BCUT2D eigenvalue weighted by molar-refractivity contribution is 6.17. The third kappa shape index (κ3) is 3.24. The van der Waals surface area contributed by atoms with Crippen molar-refractivity contribution in [3.05, 3.63) is 53.7 Å². The molecule has 3 heterocycles. The molecule has 178 valence electrons. The first-order chi connectivity index (χ1) is 16.9. The fraction of sp³-hybridized carbons (Fsp3) is 0.429. The Morgan fingerprint density at radius 3 is 2.54 bits per heavy atom. The standard InChI is InChI=1S/C28H29N5O2/c1-17-11-19(20-4-6-23-21(12-20)13-29-31-23)3-5-22(17)24-30-28(9-10-28)26(35)33(24)16-18-14-32(15-18)25(34)27(2)7-8-27/h3-6,11-13,18H,7-10,14-16H2,1-2H3,(H,29,31). The molecule has 1 spiro atoms. The second kappa shape index (κ2) is 7.03. The van der Waals surface area contributed by atoms with Crippen LogP contribution in [-0.4, -0.2) is 62.8 Å². The van der Waals surface area contributed by atoms with Crippen LogP contribution in [0.15, 0.2) is 47.6 Å². The summed E-state index contributed by atoms with van der Waals surface area (Å²) in [5, 5.41) is 8.20. The predicted molar refractivity (Wildman–Crippen MR) is 134 cm³/mol. The van der Waals surface area contributed by atoms with Crippen LogP contribution >= 0.6 is 0 Å². The zero-order chi connectivity index (χ0) is 23.9. The summed E-state index contributed by atoms with van der Waals surface area (Å²) in [6.45, 7) is 6.28. The molecule has 2 aliphatic carbocycles. The number of aliphatic imine (C=N–C) groups is 1. The van der Waals surface area contributed by atoms with Crippen molar-refractivity contribution in [2.45, 2.75) is 45.1 Å². The van der Waals surface area contributed by atoms with Gasteiger partial charge in [-0.3, -0.25) is 24.6 Å². The zero-order valence-corrected chi connectivity index (χ0v) is 20.2. The van der Waals surface area contributed by atoms with Gasteiger partial charge < -0.3 is 4.90 Å². The first-order valence-corrected chi connectivity index (χ1v) is 12.6. The summed E-state index contributed by atoms with van der Waals surface area (Å²) in [7, 11) is 0. The minimum Gasteiger partial charge on any atom is -0.341 e. The summed E-state index contributed by atoms with van der Waals surface area (Å²) < 4.78 is 0. The van der Waals surface area contributed by atoms with Crippen LogP contribution < -0.4 is 0 Å². The number of hydrogen-bond donors (Lipinski definition) is 1. The lowest BCUT2D eigenvalue weighted by atomic mass is 9.95. The molecule has 3 fully saturated rings. The van der Waals surface area contributed by atoms with Crippen LogP contribution in [0, 0.1) is 18.3 Å². The smallest absolute Gasteiger partial charge is 0.256 e. The van der Waals surface area contributed by atoms with Crippen molar-refractivity contribution in [2.24, 2.45) is 16.3 Å². The maximum absolute atomic E-state index is 13.4. The number of nitrogens with one attached hydrogen (secondary N) is 1. The monoisotopic (exact) mass is 467 g/mol. The summed E-state index contributed by atoms with van der Waals surface area (Å²) in [5.74, 6) is 1.54. The molecular formula is C28H29N5O2. The van der Waals surface area contributed by atoms with Gasteiger partial charge in [-0.1, -0.05) is 31.2 Å². The van der Waals surface area contributed by atoms with Crippen molar-refractivity contribution in [3.8, 4) is 11.1 Å². The van der Waals surface area contributed by atoms with Gasteiger partial charge in [-0.2, -0.15) is 5.10 Å². The highest BCUT2D eigenvalue weighted by atomic mass is 16.2. The van der Waals surface area contributed by atoms with Gasteiger partial charge in [-0.15, -0.1) is 0 Å². The fourth-order valence-corrected chi connectivity index (χ4v) is 5.59. The number of carbonyl (C=O) groups excluding carboxylic acids is 2. The van der Waals surface area contributed by atoms with E-state index in [4.69, 9.17) is 4.99 Å². The second-order valence-corrected chi connectivity index (χ2v) is 11.2. The molecule has 7 heteroatoms. The van der Waals surface area contributed by atoms with Crippen LogP contribution in [0.5, 0.6) is 0 Å². The van der Waals surface area contributed by atoms with Gasteiger partial charge in [-0.05, 0) is 61.4 Å². The maximum Gasteiger partial charge on any atom is 0.256 e. The molecule has 2 saturated carbocycles. The number of hydrogen-bond acceptors (Lipinski definition) is 4. The number of carbonyl (C=O) groups is 2. The highest BCUT2D eigenvalue weighted by Crippen LogP contribution is 2.48. The Morgan fingerprint density at radius 2 is 1.83 bits per heavy atom. The van der Waals surface area contributed by atoms with Gasteiger partial charge in [0.25, 0.3) is 5.91 Å². The van der Waals surface area contributed by atoms with Crippen LogP contribution in [-0.2, 0) is 9.59 Å². The van der Waals surface area contributed by atoms with Crippen molar-refractivity contribution < 1.29 is 9.59 Å². The lowest BCUT2D eigenvalue weighted by Crippen LogP contribution is -2.56. The summed E-state index contributed by atoms with van der Waals surface area (Å²) in [6.07, 6.45) is 5.51. The highest BCUT2D eigenvalue weighted by Gasteiger charge is 2.58. The van der Waals surface area contributed by atoms with E-state index in [2.05, 4.69) is 60.4 Å². The molecule has 7 rings (SSSR count). The van der Waals surface area contributed by atoms with E-state index in [1.807, 2.05) is 16.0 Å². The Hall–Kier alpha value is -3.48. The molecule has 1 saturated heterocycles. The van der Waals surface area contributed by atoms with Gasteiger partial charge in [0.05, 0.1) is 11.7 Å². The van der Waals surface area contributed by atoms with E-state index >= 15 is 0 Å². The van der Waals surface area contributed by atoms with Crippen molar-refractivity contribution in [1.82, 2.24) is 20.0 Å². The van der Waals surface area contributed by atoms with Crippen LogP contribution in [0.25, 0.3) is 22.0 Å². The predicted octanol–water partition coefficient (Wildman–Crippen LogP) is 3.92. The van der Waals surface area contributed by atoms with Gasteiger partial charge in [0.15, 0.2) is 0 Å². The Bertz CT molecular complexity index is 1420. The molecule has 2 amide bonds. The number of aromatic amines is 1. The number of amides is 2. The summed E-state index contributed by atoms with van der Waals surface area (Å²) in [6, 6.07) is 12.7. The number of nitrogens with zero attached hydrogens (tertiary/aromatic N) is 4. The van der Waals surface area contributed by atoms with E-state index in [1.165, 1.54) is 0 Å². The van der Waals surface area contributed by atoms with Gasteiger partial charge >= 0.3 is 0 Å². The fourth-order valence-electron chi connectivity index (χ4n) is 5.59. The number of aromatic nitrogens is 2. The number of fused-ring (bicyclic) bond motifs is 1. The summed E-state index contributed by atoms with van der Waals surface area (Å²) in [5.41, 5.74) is 4.76. The Morgan fingerprint density at radius 1 is 1.09 bits per heavy atom. The molecule has 2 aromatic carbocycles. The molecule has 35 heavy (non-hydrogen) atoms. The van der Waals surface area contributed by atoms with Gasteiger partial charge in [-0.25, -0.2) is 0 Å². The molecule has 4 aliphatic rings. The summed E-state index contributed by atoms with van der Waals surface area (Å²) >= 11 is 0. The first-order valence-electron chi connectivity index (χ1n) is 12.6. The normalized spacial score (nSPS) is 22.0. The minimum absolute atomic E-state index is 0.125. The minimum atomic E-state index is -0.534. The number of benzene rings is 2. The third-order valence-corrected chi connectivity index (χ3v) is 8.38. The molecule has 0 bridgehead atoms. The first kappa shape index (κ1) is 20.9. The molecule has 0 atom stereocenters. The number of aryl methyl sites for hydroxylation is 1. The molecule has 0 radical (unpaired) electrons. The average molecular weight is 468 g/mol. The van der Waals surface area contributed by atoms with Crippen molar-refractivity contribution >= 4 is 28.6 Å². The zero-order valence-electron chi connectivity index (χ0n) is 20.2. The van der Waals surface area contributed by atoms with Gasteiger partial charge in [0.2, 0.25) is 5.91 Å². The van der Waals surface area contributed by atoms with E-state index in [-0.39, 0.29) is 17.2 Å². The molecular weight excluding hydrogens is 438 g/mol. The van der Waals surface area contributed by atoms with Gasteiger partial charge in [0, 0.05) is 41.9 Å². The lowest BCUT2D eigenvalue weighted by molar-refractivity contribution is -0.143. The number of likely N-dealkylation sites (tertiary alicyclic amines) is 1. The van der Waals surface area contributed by atoms with Crippen molar-refractivity contribution in [3.63, 3.8) is 0 Å². The molecule has 1 N–H and O–H groups in total. The van der Waals surface area contributed by atoms with E-state index in [9.17, 15) is 9.59 Å². The largest absolute Gasteiger partial charge is 0.341 e. The van der Waals surface area contributed by atoms with Crippen molar-refractivity contribution in [1.29, 1.82) is 0 Å². The van der Waals surface area contributed by atoms with Crippen molar-refractivity contribution in [2.75, 3.05) is 19.6 Å². The van der Waals surface area contributed by atoms with E-state index in [0.29, 0.717) is 12.5 Å². The third-order valence-electron chi connectivity index (χ3n) is 8.38. The number of H-pyrrole nitrogens is 1. The van der Waals surface area contributed by atoms with Crippen LogP contribution in [0.1, 0.15) is 43.7 Å². The molecule has 2 aliphatic heterocycles. The molecule has 0 unspecified atom stereocenters. The van der Waals surface area contributed by atoms with Crippen LogP contribution in [0.2, 0.25) is 0 Å². The Balaban J connectivity index is 1.13. The number of amidine groups is 1. The van der Waals surface area contributed by atoms with E-state index in [0.717, 1.165) is 77.8 Å². The van der Waals surface area contributed by atoms with Crippen LogP contribution in [0.4, 0.5) is 0 Å². The van der Waals surface area contributed by atoms with E-state index < -0.39 is 5.54 Å². The average Bonchev–Trinajstić information content (AvgIpc) is 3.70. The Labute approximate surface area is 204 Å². The lowest BCUT2D eigenvalue weighted by Gasteiger charge is -2.42. The topological polar surface area (TPSA) is 81.7 Å². The maximum atomic E-state index is 13.4. The molecule has 1 aromatic heterocycles. The second-order valence-electron chi connectivity index (χ2n) is 11.2. The van der Waals surface area contributed by atoms with Gasteiger partial charge in [0.1, 0.15) is 11.4 Å².